The lowest BCUT2D eigenvalue weighted by atomic mass is 10.0. The van der Waals surface area contributed by atoms with Gasteiger partial charge < -0.3 is 15.1 Å². The van der Waals surface area contributed by atoms with Gasteiger partial charge in [0.15, 0.2) is 0 Å². The molecule has 0 spiro atoms. The first-order valence-corrected chi connectivity index (χ1v) is 6.48. The summed E-state index contributed by atoms with van der Waals surface area (Å²) in [5, 5.41) is 3.34. The Morgan fingerprint density at radius 1 is 1.12 bits per heavy atom. The molecule has 0 aromatic rings. The highest BCUT2D eigenvalue weighted by atomic mass is 16.2. The first-order valence-electron chi connectivity index (χ1n) is 6.48. The summed E-state index contributed by atoms with van der Waals surface area (Å²) in [6.45, 7) is 4.96. The second kappa shape index (κ2) is 5.64. The van der Waals surface area contributed by atoms with E-state index in [9.17, 15) is 4.79 Å². The van der Waals surface area contributed by atoms with E-state index in [1.807, 2.05) is 4.90 Å². The minimum absolute atomic E-state index is 0.0946. The van der Waals surface area contributed by atoms with E-state index in [1.54, 1.807) is 0 Å². The monoisotopic (exact) mass is 225 g/mol. The third-order valence-electron chi connectivity index (χ3n) is 3.64. The molecule has 92 valence electrons. The fourth-order valence-corrected chi connectivity index (χ4v) is 2.55. The quantitative estimate of drug-likeness (QED) is 0.697. The Morgan fingerprint density at radius 3 is 2.75 bits per heavy atom. The van der Waals surface area contributed by atoms with E-state index in [0.717, 1.165) is 45.6 Å². The van der Waals surface area contributed by atoms with Gasteiger partial charge in [0, 0.05) is 19.6 Å². The van der Waals surface area contributed by atoms with Crippen LogP contribution in [0, 0.1) is 0 Å². The van der Waals surface area contributed by atoms with E-state index in [4.69, 9.17) is 0 Å². The highest BCUT2D eigenvalue weighted by molar-refractivity contribution is 5.82. The minimum Gasteiger partial charge on any atom is -0.340 e. The standard InChI is InChI=1S/C12H23N3O/c1-14-7-4-8-15(10-9-14)12(16)11-5-2-3-6-13-11/h11,13H,2-10H2,1H3/t11-/m1/s1. The SMILES string of the molecule is CN1CCCN(C(=O)[C@H]2CCCCN2)CC1. The van der Waals surface area contributed by atoms with Crippen LogP contribution in [0.1, 0.15) is 25.7 Å². The number of nitrogens with zero attached hydrogens (tertiary/aromatic N) is 2. The molecule has 2 heterocycles. The summed E-state index contributed by atoms with van der Waals surface area (Å²) in [5.41, 5.74) is 0. The van der Waals surface area contributed by atoms with Gasteiger partial charge >= 0.3 is 0 Å². The molecule has 1 amide bonds. The Balaban J connectivity index is 1.87. The van der Waals surface area contributed by atoms with Crippen molar-refractivity contribution in [2.45, 2.75) is 31.7 Å². The molecule has 0 aliphatic carbocycles. The zero-order valence-electron chi connectivity index (χ0n) is 10.2. The van der Waals surface area contributed by atoms with Crippen molar-refractivity contribution in [3.05, 3.63) is 0 Å². The summed E-state index contributed by atoms with van der Waals surface area (Å²) in [5.74, 6) is 0.329. The topological polar surface area (TPSA) is 35.6 Å². The van der Waals surface area contributed by atoms with Crippen LogP contribution in [0.25, 0.3) is 0 Å². The van der Waals surface area contributed by atoms with Gasteiger partial charge in [0.25, 0.3) is 0 Å². The summed E-state index contributed by atoms with van der Waals surface area (Å²) < 4.78 is 0. The summed E-state index contributed by atoms with van der Waals surface area (Å²) in [4.78, 5) is 16.6. The molecule has 2 rings (SSSR count). The maximum Gasteiger partial charge on any atom is 0.239 e. The lowest BCUT2D eigenvalue weighted by molar-refractivity contribution is -0.133. The zero-order valence-corrected chi connectivity index (χ0v) is 10.2. The molecule has 4 heteroatoms. The van der Waals surface area contributed by atoms with Crippen molar-refractivity contribution >= 4 is 5.91 Å². The Morgan fingerprint density at radius 2 is 2.00 bits per heavy atom. The molecule has 0 radical (unpaired) electrons. The molecule has 2 aliphatic heterocycles. The van der Waals surface area contributed by atoms with E-state index >= 15 is 0 Å². The number of nitrogens with one attached hydrogen (secondary N) is 1. The lowest BCUT2D eigenvalue weighted by Gasteiger charge is -2.29. The molecule has 1 N–H and O–H groups in total. The van der Waals surface area contributed by atoms with Crippen LogP contribution in [0.2, 0.25) is 0 Å². The molecular weight excluding hydrogens is 202 g/mol. The van der Waals surface area contributed by atoms with Crippen molar-refractivity contribution in [1.29, 1.82) is 0 Å². The average molecular weight is 225 g/mol. The first kappa shape index (κ1) is 11.9. The number of hydrogen-bond donors (Lipinski definition) is 1. The predicted octanol–water partition coefficient (Wildman–Crippen LogP) is 0.293. The van der Waals surface area contributed by atoms with Gasteiger partial charge in [-0.2, -0.15) is 0 Å². The van der Waals surface area contributed by atoms with Crippen LogP contribution >= 0.6 is 0 Å². The van der Waals surface area contributed by atoms with Crippen molar-refractivity contribution in [1.82, 2.24) is 15.1 Å². The maximum atomic E-state index is 12.3. The molecule has 2 saturated heterocycles. The van der Waals surface area contributed by atoms with Gasteiger partial charge in [0.05, 0.1) is 6.04 Å². The third kappa shape index (κ3) is 2.95. The Kier molecular flexibility index (Phi) is 4.18. The maximum absolute atomic E-state index is 12.3. The average Bonchev–Trinajstić information content (AvgIpc) is 2.54. The van der Waals surface area contributed by atoms with Crippen LogP contribution in [-0.2, 0) is 4.79 Å². The first-order chi connectivity index (χ1) is 7.77. The van der Waals surface area contributed by atoms with E-state index < -0.39 is 0 Å². The van der Waals surface area contributed by atoms with Gasteiger partial charge in [-0.25, -0.2) is 0 Å². The van der Waals surface area contributed by atoms with Crippen molar-refractivity contribution in [2.75, 3.05) is 39.8 Å². The molecule has 0 saturated carbocycles. The van der Waals surface area contributed by atoms with Crippen LogP contribution in [0.5, 0.6) is 0 Å². The highest BCUT2D eigenvalue weighted by Crippen LogP contribution is 2.11. The van der Waals surface area contributed by atoms with Gasteiger partial charge in [-0.15, -0.1) is 0 Å². The van der Waals surface area contributed by atoms with Gasteiger partial charge in [-0.05, 0) is 39.4 Å². The Bertz CT molecular complexity index is 238. The van der Waals surface area contributed by atoms with Crippen molar-refractivity contribution < 1.29 is 4.79 Å². The second-order valence-corrected chi connectivity index (χ2v) is 4.98. The molecule has 0 unspecified atom stereocenters. The smallest absolute Gasteiger partial charge is 0.239 e. The number of hydrogen-bond acceptors (Lipinski definition) is 3. The van der Waals surface area contributed by atoms with E-state index in [-0.39, 0.29) is 6.04 Å². The van der Waals surface area contributed by atoms with Crippen molar-refractivity contribution in [3.8, 4) is 0 Å². The fraction of sp³-hybridized carbons (Fsp3) is 0.917. The van der Waals surface area contributed by atoms with Crippen LogP contribution in [0.15, 0.2) is 0 Å². The molecule has 16 heavy (non-hydrogen) atoms. The van der Waals surface area contributed by atoms with Crippen LogP contribution in [0.4, 0.5) is 0 Å². The summed E-state index contributed by atoms with van der Waals surface area (Å²) >= 11 is 0. The molecular formula is C12H23N3O. The summed E-state index contributed by atoms with van der Waals surface area (Å²) in [6.07, 6.45) is 4.53. The second-order valence-electron chi connectivity index (χ2n) is 4.98. The number of likely N-dealkylation sites (N-methyl/N-ethyl adjacent to an activating group) is 1. The molecule has 0 aromatic heterocycles. The fourth-order valence-electron chi connectivity index (χ4n) is 2.55. The van der Waals surface area contributed by atoms with E-state index in [2.05, 4.69) is 17.3 Å². The highest BCUT2D eigenvalue weighted by Gasteiger charge is 2.26. The van der Waals surface area contributed by atoms with Gasteiger partial charge in [0.1, 0.15) is 0 Å². The van der Waals surface area contributed by atoms with E-state index in [0.29, 0.717) is 5.91 Å². The molecule has 4 nitrogen and oxygen atoms in total. The van der Waals surface area contributed by atoms with E-state index in [1.165, 1.54) is 12.8 Å². The number of amides is 1. The third-order valence-corrected chi connectivity index (χ3v) is 3.64. The number of rotatable bonds is 1. The Labute approximate surface area is 98.0 Å². The predicted molar refractivity (Wildman–Crippen MR) is 64.3 cm³/mol. The number of piperidine rings is 1. The summed E-state index contributed by atoms with van der Waals surface area (Å²) in [6, 6.07) is 0.0946. The zero-order chi connectivity index (χ0) is 11.4. The molecule has 2 aliphatic rings. The minimum atomic E-state index is 0.0946. The molecule has 0 aromatic carbocycles. The normalized spacial score (nSPS) is 28.8. The summed E-state index contributed by atoms with van der Waals surface area (Å²) in [7, 11) is 2.13. The molecule has 1 atom stereocenters. The number of carbonyl (C=O) groups excluding carboxylic acids is 1. The van der Waals surface area contributed by atoms with Crippen LogP contribution in [-0.4, -0.2) is 61.5 Å². The van der Waals surface area contributed by atoms with Gasteiger partial charge in [-0.3, -0.25) is 4.79 Å². The van der Waals surface area contributed by atoms with Crippen molar-refractivity contribution in [3.63, 3.8) is 0 Å². The van der Waals surface area contributed by atoms with Gasteiger partial charge in [0.2, 0.25) is 5.91 Å². The largest absolute Gasteiger partial charge is 0.340 e. The number of carbonyl (C=O) groups is 1. The molecule has 0 bridgehead atoms. The van der Waals surface area contributed by atoms with Gasteiger partial charge in [-0.1, -0.05) is 6.42 Å². The Hall–Kier alpha value is -0.610. The van der Waals surface area contributed by atoms with Crippen molar-refractivity contribution in [2.24, 2.45) is 0 Å². The van der Waals surface area contributed by atoms with Crippen LogP contribution in [0.3, 0.4) is 0 Å². The lowest BCUT2D eigenvalue weighted by Crippen LogP contribution is -2.49. The molecule has 2 fully saturated rings. The van der Waals surface area contributed by atoms with Crippen LogP contribution < -0.4 is 5.32 Å².